The van der Waals surface area contributed by atoms with Crippen molar-refractivity contribution in [2.75, 3.05) is 32.1 Å². The van der Waals surface area contributed by atoms with Gasteiger partial charge in [0.2, 0.25) is 0 Å². The Bertz CT molecular complexity index is 1280. The Labute approximate surface area is 188 Å². The molecule has 4 aromatic rings. The van der Waals surface area contributed by atoms with Gasteiger partial charge in [0.05, 0.1) is 30.7 Å². The Morgan fingerprint density at radius 1 is 1.15 bits per heavy atom. The topological polar surface area (TPSA) is 65.9 Å². The summed E-state index contributed by atoms with van der Waals surface area (Å²) in [6, 6.07) is 4.51. The second kappa shape index (κ2) is 8.51. The van der Waals surface area contributed by atoms with Gasteiger partial charge in [-0.05, 0) is 38.4 Å². The van der Waals surface area contributed by atoms with Gasteiger partial charge in [0.25, 0.3) is 0 Å². The fourth-order valence-corrected chi connectivity index (χ4v) is 4.29. The molecule has 1 aromatic carbocycles. The number of benzene rings is 1. The summed E-state index contributed by atoms with van der Waals surface area (Å²) in [6.07, 6.45) is 4.32. The van der Waals surface area contributed by atoms with Gasteiger partial charge in [-0.15, -0.1) is 0 Å². The summed E-state index contributed by atoms with van der Waals surface area (Å²) in [6.45, 7) is 1.65. The third-order valence-corrected chi connectivity index (χ3v) is 5.98. The molecule has 0 aliphatic carbocycles. The minimum Gasteiger partial charge on any atom is -0.344 e. The highest BCUT2D eigenvalue weighted by atomic mass is 19.1. The highest BCUT2D eigenvalue weighted by Crippen LogP contribution is 2.40. The van der Waals surface area contributed by atoms with Crippen molar-refractivity contribution >= 4 is 16.9 Å². The van der Waals surface area contributed by atoms with Gasteiger partial charge in [-0.25, -0.2) is 18.2 Å². The molecule has 1 fully saturated rings. The van der Waals surface area contributed by atoms with Crippen LogP contribution in [-0.4, -0.2) is 63.2 Å². The van der Waals surface area contributed by atoms with E-state index in [9.17, 15) is 13.2 Å². The van der Waals surface area contributed by atoms with Crippen molar-refractivity contribution in [2.45, 2.75) is 25.2 Å². The van der Waals surface area contributed by atoms with Crippen molar-refractivity contribution in [1.82, 2.24) is 29.9 Å². The molecule has 33 heavy (non-hydrogen) atoms. The third kappa shape index (κ3) is 4.18. The number of pyridine rings is 1. The van der Waals surface area contributed by atoms with E-state index in [1.165, 1.54) is 0 Å². The van der Waals surface area contributed by atoms with Crippen LogP contribution in [0.3, 0.4) is 0 Å². The molecule has 1 N–H and O–H groups in total. The zero-order valence-corrected chi connectivity index (χ0v) is 18.3. The van der Waals surface area contributed by atoms with Crippen LogP contribution >= 0.6 is 0 Å². The van der Waals surface area contributed by atoms with Crippen molar-refractivity contribution < 1.29 is 13.2 Å². The third-order valence-electron chi connectivity index (χ3n) is 5.98. The Morgan fingerprint density at radius 2 is 2.00 bits per heavy atom. The number of fused-ring (bicyclic) bond motifs is 1. The maximum Gasteiger partial charge on any atom is 0.160 e. The SMILES string of the molecule is CN(C)CCn1cc(-c2cnc3[nH]nc(N4C[C@@H](F)C[C@@H]4c4cc(F)ccc4F)c3c2)cn1. The van der Waals surface area contributed by atoms with Crippen LogP contribution in [0.15, 0.2) is 42.9 Å². The lowest BCUT2D eigenvalue weighted by Crippen LogP contribution is -2.25. The van der Waals surface area contributed by atoms with Gasteiger partial charge in [0.1, 0.15) is 17.8 Å². The summed E-state index contributed by atoms with van der Waals surface area (Å²) in [4.78, 5) is 8.23. The number of likely N-dealkylation sites (N-methyl/N-ethyl adjacent to an activating group) is 1. The van der Waals surface area contributed by atoms with E-state index in [1.54, 1.807) is 17.3 Å². The molecule has 7 nitrogen and oxygen atoms in total. The van der Waals surface area contributed by atoms with Crippen LogP contribution in [0.2, 0.25) is 0 Å². The number of hydrogen-bond acceptors (Lipinski definition) is 5. The average molecular weight is 455 g/mol. The number of aromatic amines is 1. The molecule has 10 heteroatoms. The van der Waals surface area contributed by atoms with Crippen LogP contribution in [0.5, 0.6) is 0 Å². The summed E-state index contributed by atoms with van der Waals surface area (Å²) in [5.74, 6) is -0.659. The van der Waals surface area contributed by atoms with Crippen molar-refractivity contribution in [3.8, 4) is 11.1 Å². The first-order valence-electron chi connectivity index (χ1n) is 10.8. The highest BCUT2D eigenvalue weighted by molar-refractivity contribution is 5.91. The molecular weight excluding hydrogens is 431 g/mol. The predicted octanol–water partition coefficient (Wildman–Crippen LogP) is 3.95. The first-order chi connectivity index (χ1) is 15.9. The summed E-state index contributed by atoms with van der Waals surface area (Å²) < 4.78 is 44.7. The average Bonchev–Trinajstić information content (AvgIpc) is 3.51. The Morgan fingerprint density at radius 3 is 2.82 bits per heavy atom. The molecule has 1 saturated heterocycles. The van der Waals surface area contributed by atoms with E-state index in [0.29, 0.717) is 16.9 Å². The number of alkyl halides is 1. The van der Waals surface area contributed by atoms with Crippen molar-refractivity contribution in [2.24, 2.45) is 0 Å². The smallest absolute Gasteiger partial charge is 0.160 e. The summed E-state index contributed by atoms with van der Waals surface area (Å²) in [5, 5.41) is 12.3. The zero-order chi connectivity index (χ0) is 23.1. The Balaban J connectivity index is 1.50. The quantitative estimate of drug-likeness (QED) is 0.477. The van der Waals surface area contributed by atoms with E-state index in [1.807, 2.05) is 31.0 Å². The monoisotopic (exact) mass is 455 g/mol. The standard InChI is InChI=1S/C23H24F3N7/c1-31(2)5-6-32-12-15(11-28-32)14-7-19-22(27-10-14)29-30-23(19)33-13-17(25)9-21(33)18-8-16(24)3-4-20(18)26/h3-4,7-8,10-12,17,21H,5-6,9,13H2,1-2H3,(H,27,29,30)/t17-,21+/m0/s1. The van der Waals surface area contributed by atoms with Gasteiger partial charge in [-0.3, -0.25) is 9.78 Å². The number of nitrogens with one attached hydrogen (secondary N) is 1. The van der Waals surface area contributed by atoms with Crippen LogP contribution < -0.4 is 4.90 Å². The molecule has 172 valence electrons. The van der Waals surface area contributed by atoms with Crippen molar-refractivity contribution in [3.05, 3.63) is 60.1 Å². The van der Waals surface area contributed by atoms with Crippen LogP contribution in [-0.2, 0) is 6.54 Å². The largest absolute Gasteiger partial charge is 0.344 e. The van der Waals surface area contributed by atoms with Crippen LogP contribution in [0.4, 0.5) is 19.0 Å². The maximum absolute atomic E-state index is 14.5. The summed E-state index contributed by atoms with van der Waals surface area (Å²) in [5.41, 5.74) is 2.39. The molecule has 1 aliphatic heterocycles. The Kier molecular flexibility index (Phi) is 5.53. The van der Waals surface area contributed by atoms with Crippen LogP contribution in [0.1, 0.15) is 18.0 Å². The second-order valence-electron chi connectivity index (χ2n) is 8.63. The molecule has 5 rings (SSSR count). The first kappa shape index (κ1) is 21.4. The predicted molar refractivity (Wildman–Crippen MR) is 120 cm³/mol. The molecule has 0 unspecified atom stereocenters. The maximum atomic E-state index is 14.5. The van der Waals surface area contributed by atoms with E-state index >= 15 is 0 Å². The van der Waals surface area contributed by atoms with Crippen molar-refractivity contribution in [3.63, 3.8) is 0 Å². The molecule has 0 amide bonds. The van der Waals surface area contributed by atoms with E-state index in [0.717, 1.165) is 42.4 Å². The summed E-state index contributed by atoms with van der Waals surface area (Å²) >= 11 is 0. The molecule has 0 bridgehead atoms. The van der Waals surface area contributed by atoms with Crippen LogP contribution in [0.25, 0.3) is 22.2 Å². The number of H-pyrrole nitrogens is 1. The van der Waals surface area contributed by atoms with Gasteiger partial charge in [0, 0.05) is 42.0 Å². The van der Waals surface area contributed by atoms with Gasteiger partial charge in [-0.1, -0.05) is 0 Å². The van der Waals surface area contributed by atoms with Gasteiger partial charge in [-0.2, -0.15) is 10.2 Å². The number of rotatable bonds is 6. The molecule has 1 aliphatic rings. The lowest BCUT2D eigenvalue weighted by atomic mass is 10.0. The first-order valence-corrected chi connectivity index (χ1v) is 10.8. The minimum atomic E-state index is -1.18. The molecule has 0 saturated carbocycles. The van der Waals surface area contributed by atoms with E-state index in [4.69, 9.17) is 0 Å². The summed E-state index contributed by atoms with van der Waals surface area (Å²) in [7, 11) is 4.01. The van der Waals surface area contributed by atoms with Gasteiger partial charge in [0.15, 0.2) is 11.5 Å². The second-order valence-corrected chi connectivity index (χ2v) is 8.63. The molecule has 4 heterocycles. The molecule has 3 aromatic heterocycles. The minimum absolute atomic E-state index is 0.0350. The van der Waals surface area contributed by atoms with E-state index in [-0.39, 0.29) is 18.5 Å². The van der Waals surface area contributed by atoms with Crippen molar-refractivity contribution in [1.29, 1.82) is 0 Å². The number of anilines is 1. The Hall–Kier alpha value is -3.40. The number of aromatic nitrogens is 5. The molecule has 0 spiro atoms. The van der Waals surface area contributed by atoms with E-state index in [2.05, 4.69) is 25.2 Å². The van der Waals surface area contributed by atoms with Crippen LogP contribution in [0, 0.1) is 11.6 Å². The molecule has 0 radical (unpaired) electrons. The highest BCUT2D eigenvalue weighted by Gasteiger charge is 2.37. The molecule has 2 atom stereocenters. The fraction of sp³-hybridized carbons (Fsp3) is 0.348. The lowest BCUT2D eigenvalue weighted by Gasteiger charge is -2.25. The van der Waals surface area contributed by atoms with E-state index < -0.39 is 23.8 Å². The fourth-order valence-electron chi connectivity index (χ4n) is 4.29. The van der Waals surface area contributed by atoms with Gasteiger partial charge < -0.3 is 9.80 Å². The number of halogens is 3. The normalized spacial score (nSPS) is 18.7. The zero-order valence-electron chi connectivity index (χ0n) is 18.3. The number of nitrogens with zero attached hydrogens (tertiary/aromatic N) is 6. The van der Waals surface area contributed by atoms with Gasteiger partial charge >= 0.3 is 0 Å². The lowest BCUT2D eigenvalue weighted by molar-refractivity contribution is 0.356. The molecular formula is C23H24F3N7. The number of hydrogen-bond donors (Lipinski definition) is 1.